The number of nitrogens with zero attached hydrogens (tertiary/aromatic N) is 2. The second-order valence-corrected chi connectivity index (χ2v) is 11.2. The number of rotatable bonds is 9. The maximum Gasteiger partial charge on any atom is 0.264 e. The van der Waals surface area contributed by atoms with Gasteiger partial charge in [0.2, 0.25) is 5.91 Å². The Hall–Kier alpha value is -3.36. The Bertz CT molecular complexity index is 1300. The van der Waals surface area contributed by atoms with Crippen LogP contribution in [0.2, 0.25) is 0 Å². The number of carbonyl (C=O) groups is 1. The highest BCUT2D eigenvalue weighted by Crippen LogP contribution is 2.34. The number of sulfonamides is 1. The number of benzene rings is 3. The second-order valence-electron chi connectivity index (χ2n) is 9.36. The molecule has 36 heavy (non-hydrogen) atoms. The molecule has 0 unspecified atom stereocenters. The Morgan fingerprint density at radius 1 is 1.03 bits per heavy atom. The van der Waals surface area contributed by atoms with E-state index in [0.29, 0.717) is 30.3 Å². The topological polar surface area (TPSA) is 79.0 Å². The van der Waals surface area contributed by atoms with E-state index in [1.54, 1.807) is 30.3 Å². The molecule has 0 saturated heterocycles. The standard InChI is InChI=1S/C28H33N3O4S/c1-21-6-8-22(9-7-21)19-28(32)29-24-11-10-23-5-4-16-31(27(23)20-24)36(33,34)26-14-12-25(13-15-26)35-18-17-30(2)3/h6-15,20H,4-5,16-19H2,1-3H3,(H,29,32). The summed E-state index contributed by atoms with van der Waals surface area (Å²) in [5, 5.41) is 2.92. The van der Waals surface area contributed by atoms with Crippen LogP contribution < -0.4 is 14.4 Å². The van der Waals surface area contributed by atoms with Gasteiger partial charge in [-0.3, -0.25) is 9.10 Å². The molecule has 3 aromatic carbocycles. The Balaban J connectivity index is 1.50. The zero-order valence-electron chi connectivity index (χ0n) is 21.0. The van der Waals surface area contributed by atoms with Gasteiger partial charge in [-0.25, -0.2) is 8.42 Å². The van der Waals surface area contributed by atoms with Crippen molar-refractivity contribution < 1.29 is 17.9 Å². The predicted octanol–water partition coefficient (Wildman–Crippen LogP) is 4.26. The van der Waals surface area contributed by atoms with Crippen LogP contribution in [-0.4, -0.2) is 53.0 Å². The third-order valence-electron chi connectivity index (χ3n) is 6.15. The highest BCUT2D eigenvalue weighted by Gasteiger charge is 2.29. The summed E-state index contributed by atoms with van der Waals surface area (Å²) in [5.74, 6) is 0.488. The molecule has 1 aliphatic rings. The van der Waals surface area contributed by atoms with Gasteiger partial charge in [0.05, 0.1) is 17.0 Å². The normalized spacial score (nSPS) is 13.4. The average molecular weight is 508 g/mol. The Kier molecular flexibility index (Phi) is 7.96. The van der Waals surface area contributed by atoms with Crippen molar-refractivity contribution in [1.82, 2.24) is 4.90 Å². The number of hydrogen-bond acceptors (Lipinski definition) is 5. The fourth-order valence-corrected chi connectivity index (χ4v) is 5.68. The largest absolute Gasteiger partial charge is 0.492 e. The molecule has 4 rings (SSSR count). The number of carbonyl (C=O) groups excluding carboxylic acids is 1. The predicted molar refractivity (Wildman–Crippen MR) is 143 cm³/mol. The third kappa shape index (κ3) is 6.25. The first-order valence-corrected chi connectivity index (χ1v) is 13.5. The Morgan fingerprint density at radius 2 is 1.75 bits per heavy atom. The van der Waals surface area contributed by atoms with Crippen LogP contribution >= 0.6 is 0 Å². The van der Waals surface area contributed by atoms with Gasteiger partial charge in [-0.05, 0) is 81.4 Å². The molecule has 7 nitrogen and oxygen atoms in total. The number of aryl methyl sites for hydroxylation is 2. The van der Waals surface area contributed by atoms with E-state index in [2.05, 4.69) is 5.32 Å². The number of ether oxygens (including phenoxy) is 1. The zero-order valence-corrected chi connectivity index (χ0v) is 21.8. The Morgan fingerprint density at radius 3 is 2.44 bits per heavy atom. The molecule has 8 heteroatoms. The van der Waals surface area contributed by atoms with Gasteiger partial charge in [0.15, 0.2) is 0 Å². The van der Waals surface area contributed by atoms with Gasteiger partial charge >= 0.3 is 0 Å². The summed E-state index contributed by atoms with van der Waals surface area (Å²) in [5.41, 5.74) is 4.21. The molecule has 1 amide bonds. The summed E-state index contributed by atoms with van der Waals surface area (Å²) >= 11 is 0. The number of amides is 1. The third-order valence-corrected chi connectivity index (χ3v) is 7.98. The van der Waals surface area contributed by atoms with Crippen molar-refractivity contribution in [1.29, 1.82) is 0 Å². The monoisotopic (exact) mass is 507 g/mol. The molecular weight excluding hydrogens is 474 g/mol. The van der Waals surface area contributed by atoms with Crippen molar-refractivity contribution in [2.75, 3.05) is 43.4 Å². The minimum absolute atomic E-state index is 0.145. The average Bonchev–Trinajstić information content (AvgIpc) is 2.85. The van der Waals surface area contributed by atoms with Crippen molar-refractivity contribution in [3.8, 4) is 5.75 Å². The van der Waals surface area contributed by atoms with E-state index in [9.17, 15) is 13.2 Å². The van der Waals surface area contributed by atoms with Crippen molar-refractivity contribution in [3.05, 3.63) is 83.4 Å². The van der Waals surface area contributed by atoms with Crippen LogP contribution in [0.1, 0.15) is 23.1 Å². The molecule has 0 aliphatic carbocycles. The first-order valence-electron chi connectivity index (χ1n) is 12.1. The SMILES string of the molecule is Cc1ccc(CC(=O)Nc2ccc3c(c2)N(S(=O)(=O)c2ccc(OCCN(C)C)cc2)CCC3)cc1. The van der Waals surface area contributed by atoms with E-state index in [4.69, 9.17) is 4.74 Å². The van der Waals surface area contributed by atoms with Crippen LogP contribution in [0.3, 0.4) is 0 Å². The lowest BCUT2D eigenvalue weighted by atomic mass is 10.0. The van der Waals surface area contributed by atoms with Gasteiger partial charge in [-0.1, -0.05) is 35.9 Å². The van der Waals surface area contributed by atoms with Crippen LogP contribution in [0.15, 0.2) is 71.6 Å². The molecule has 0 saturated carbocycles. The van der Waals surface area contributed by atoms with E-state index in [-0.39, 0.29) is 17.2 Å². The molecule has 190 valence electrons. The molecule has 0 spiro atoms. The van der Waals surface area contributed by atoms with Crippen LogP contribution in [-0.2, 0) is 27.7 Å². The van der Waals surface area contributed by atoms with E-state index in [0.717, 1.165) is 36.1 Å². The molecule has 1 N–H and O–H groups in total. The van der Waals surface area contributed by atoms with E-state index in [1.807, 2.05) is 62.3 Å². The number of anilines is 2. The van der Waals surface area contributed by atoms with Crippen molar-refractivity contribution in [2.24, 2.45) is 0 Å². The molecule has 0 fully saturated rings. The maximum atomic E-state index is 13.6. The lowest BCUT2D eigenvalue weighted by Gasteiger charge is -2.31. The number of fused-ring (bicyclic) bond motifs is 1. The quantitative estimate of drug-likeness (QED) is 0.468. The molecule has 1 aliphatic heterocycles. The molecule has 0 atom stereocenters. The van der Waals surface area contributed by atoms with Crippen molar-refractivity contribution in [2.45, 2.75) is 31.1 Å². The van der Waals surface area contributed by atoms with Gasteiger partial charge in [0.1, 0.15) is 12.4 Å². The summed E-state index contributed by atoms with van der Waals surface area (Å²) in [6.07, 6.45) is 1.77. The molecular formula is C28H33N3O4S. The van der Waals surface area contributed by atoms with E-state index >= 15 is 0 Å². The minimum atomic E-state index is -3.77. The van der Waals surface area contributed by atoms with Gasteiger partial charge in [-0.2, -0.15) is 0 Å². The minimum Gasteiger partial charge on any atom is -0.492 e. The van der Waals surface area contributed by atoms with Crippen molar-refractivity contribution >= 4 is 27.3 Å². The second kappa shape index (κ2) is 11.1. The summed E-state index contributed by atoms with van der Waals surface area (Å²) in [7, 11) is 0.170. The first kappa shape index (κ1) is 25.7. The first-order chi connectivity index (χ1) is 17.2. The van der Waals surface area contributed by atoms with E-state index < -0.39 is 10.0 Å². The summed E-state index contributed by atoms with van der Waals surface area (Å²) < 4.78 is 34.3. The van der Waals surface area contributed by atoms with Gasteiger partial charge in [0.25, 0.3) is 10.0 Å². The molecule has 0 radical (unpaired) electrons. The van der Waals surface area contributed by atoms with Gasteiger partial charge in [-0.15, -0.1) is 0 Å². The smallest absolute Gasteiger partial charge is 0.264 e. The lowest BCUT2D eigenvalue weighted by molar-refractivity contribution is -0.115. The van der Waals surface area contributed by atoms with Crippen LogP contribution in [0.4, 0.5) is 11.4 Å². The fraction of sp³-hybridized carbons (Fsp3) is 0.321. The van der Waals surface area contributed by atoms with Crippen LogP contribution in [0.25, 0.3) is 0 Å². The molecule has 1 heterocycles. The number of nitrogens with one attached hydrogen (secondary N) is 1. The van der Waals surface area contributed by atoms with Gasteiger partial charge < -0.3 is 15.0 Å². The van der Waals surface area contributed by atoms with Crippen LogP contribution in [0.5, 0.6) is 5.75 Å². The summed E-state index contributed by atoms with van der Waals surface area (Å²) in [4.78, 5) is 14.9. The maximum absolute atomic E-state index is 13.6. The highest BCUT2D eigenvalue weighted by atomic mass is 32.2. The number of hydrogen-bond donors (Lipinski definition) is 1. The molecule has 0 aromatic heterocycles. The van der Waals surface area contributed by atoms with Crippen LogP contribution in [0, 0.1) is 6.92 Å². The van der Waals surface area contributed by atoms with E-state index in [1.165, 1.54) is 4.31 Å². The van der Waals surface area contributed by atoms with Crippen molar-refractivity contribution in [3.63, 3.8) is 0 Å². The zero-order chi connectivity index (χ0) is 25.7. The molecule has 3 aromatic rings. The Labute approximate surface area is 213 Å². The van der Waals surface area contributed by atoms with Gasteiger partial charge in [0, 0.05) is 18.8 Å². The molecule has 0 bridgehead atoms. The summed E-state index contributed by atoms with van der Waals surface area (Å²) in [6, 6.07) is 19.9. The summed E-state index contributed by atoms with van der Waals surface area (Å²) in [6.45, 7) is 3.69. The highest BCUT2D eigenvalue weighted by molar-refractivity contribution is 7.92. The lowest BCUT2D eigenvalue weighted by Crippen LogP contribution is -2.35. The number of likely N-dealkylation sites (N-methyl/N-ethyl adjacent to an activating group) is 1. The fourth-order valence-electron chi connectivity index (χ4n) is 4.15.